The van der Waals surface area contributed by atoms with E-state index in [9.17, 15) is 8.42 Å². The third-order valence-electron chi connectivity index (χ3n) is 3.49. The van der Waals surface area contributed by atoms with Crippen molar-refractivity contribution in [3.63, 3.8) is 0 Å². The van der Waals surface area contributed by atoms with Gasteiger partial charge < -0.3 is 15.6 Å². The first kappa shape index (κ1) is 15.1. The van der Waals surface area contributed by atoms with Gasteiger partial charge in [-0.25, -0.2) is 13.1 Å². The number of hydrogen-bond acceptors (Lipinski definition) is 5. The van der Waals surface area contributed by atoms with Crippen molar-refractivity contribution in [3.8, 4) is 5.75 Å². The van der Waals surface area contributed by atoms with Crippen molar-refractivity contribution in [1.29, 1.82) is 0 Å². The molecular weight excluding hydrogens is 280 g/mol. The number of nitrogen functional groups attached to an aromatic ring is 1. The number of nitrogens with two attached hydrogens (primary N) is 1. The van der Waals surface area contributed by atoms with Gasteiger partial charge >= 0.3 is 0 Å². The van der Waals surface area contributed by atoms with Crippen LogP contribution in [-0.4, -0.2) is 39.0 Å². The quantitative estimate of drug-likeness (QED) is 0.601. The summed E-state index contributed by atoms with van der Waals surface area (Å²) in [5.41, 5.74) is 5.94. The first-order valence-corrected chi connectivity index (χ1v) is 8.17. The van der Waals surface area contributed by atoms with Crippen LogP contribution in [0.1, 0.15) is 12.8 Å². The van der Waals surface area contributed by atoms with Gasteiger partial charge in [-0.3, -0.25) is 0 Å². The topological polar surface area (TPSA) is 102 Å². The molecule has 1 saturated carbocycles. The van der Waals surface area contributed by atoms with Crippen LogP contribution >= 0.6 is 0 Å². The van der Waals surface area contributed by atoms with E-state index in [1.165, 1.54) is 0 Å². The van der Waals surface area contributed by atoms with Crippen molar-refractivity contribution >= 4 is 15.7 Å². The molecule has 0 amide bonds. The van der Waals surface area contributed by atoms with Gasteiger partial charge in [0.2, 0.25) is 10.0 Å². The minimum Gasteiger partial charge on any atom is -0.490 e. The van der Waals surface area contributed by atoms with Crippen LogP contribution < -0.4 is 15.2 Å². The molecule has 0 heterocycles. The fourth-order valence-corrected chi connectivity index (χ4v) is 2.75. The minimum absolute atomic E-state index is 0.0204. The third-order valence-corrected chi connectivity index (χ3v) is 4.78. The highest BCUT2D eigenvalue weighted by molar-refractivity contribution is 7.89. The lowest BCUT2D eigenvalue weighted by molar-refractivity contribution is 0.213. The maximum Gasteiger partial charge on any atom is 0.214 e. The van der Waals surface area contributed by atoms with E-state index < -0.39 is 10.0 Å². The second kappa shape index (κ2) is 5.99. The largest absolute Gasteiger partial charge is 0.490 e. The predicted molar refractivity (Wildman–Crippen MR) is 76.9 cm³/mol. The summed E-state index contributed by atoms with van der Waals surface area (Å²) in [6.07, 6.45) is 1.73. The lowest BCUT2D eigenvalue weighted by Gasteiger charge is -2.13. The summed E-state index contributed by atoms with van der Waals surface area (Å²) < 4.78 is 31.5. The van der Waals surface area contributed by atoms with Crippen molar-refractivity contribution in [2.75, 3.05) is 31.2 Å². The van der Waals surface area contributed by atoms with Crippen LogP contribution in [0.4, 0.5) is 5.69 Å². The van der Waals surface area contributed by atoms with E-state index in [-0.39, 0.29) is 24.4 Å². The van der Waals surface area contributed by atoms with Crippen LogP contribution in [0.15, 0.2) is 24.3 Å². The number of aliphatic hydroxyl groups is 1. The van der Waals surface area contributed by atoms with Crippen molar-refractivity contribution in [2.24, 2.45) is 5.41 Å². The minimum atomic E-state index is -3.39. The van der Waals surface area contributed by atoms with Crippen LogP contribution in [0.25, 0.3) is 0 Å². The van der Waals surface area contributed by atoms with Crippen LogP contribution in [0, 0.1) is 5.41 Å². The highest BCUT2D eigenvalue weighted by Gasteiger charge is 2.42. The molecular formula is C13H20N2O4S. The molecule has 0 radical (unpaired) electrons. The number of rotatable bonds is 8. The van der Waals surface area contributed by atoms with Crippen molar-refractivity contribution in [3.05, 3.63) is 24.3 Å². The zero-order valence-electron chi connectivity index (χ0n) is 11.2. The van der Waals surface area contributed by atoms with Crippen LogP contribution in [0.2, 0.25) is 0 Å². The predicted octanol–water partition coefficient (Wildman–Crippen LogP) is 0.339. The maximum absolute atomic E-state index is 11.8. The molecule has 0 unspecified atom stereocenters. The lowest BCUT2D eigenvalue weighted by atomic mass is 10.1. The van der Waals surface area contributed by atoms with E-state index in [1.807, 2.05) is 0 Å². The van der Waals surface area contributed by atoms with Gasteiger partial charge in [-0.15, -0.1) is 0 Å². The molecule has 6 nitrogen and oxygen atoms in total. The number of nitrogens with one attached hydrogen (secondary N) is 1. The number of aliphatic hydroxyl groups excluding tert-OH is 1. The average Bonchev–Trinajstić information content (AvgIpc) is 3.20. The number of para-hydroxylation sites is 2. The monoisotopic (exact) mass is 300 g/mol. The summed E-state index contributed by atoms with van der Waals surface area (Å²) in [6.45, 7) is 0.349. The van der Waals surface area contributed by atoms with Crippen molar-refractivity contribution < 1.29 is 18.3 Å². The Morgan fingerprint density at radius 3 is 2.65 bits per heavy atom. The van der Waals surface area contributed by atoms with Gasteiger partial charge in [0.15, 0.2) is 0 Å². The molecule has 0 atom stereocenters. The van der Waals surface area contributed by atoms with Gasteiger partial charge in [0.05, 0.1) is 11.4 Å². The fourth-order valence-electron chi connectivity index (χ4n) is 1.78. The van der Waals surface area contributed by atoms with E-state index in [2.05, 4.69) is 4.72 Å². The van der Waals surface area contributed by atoms with E-state index in [0.717, 1.165) is 12.8 Å². The summed E-state index contributed by atoms with van der Waals surface area (Å²) in [5, 5.41) is 9.14. The summed E-state index contributed by atoms with van der Waals surface area (Å²) in [7, 11) is -3.39. The Hall–Kier alpha value is -1.31. The third kappa shape index (κ3) is 4.09. The van der Waals surface area contributed by atoms with Crippen LogP contribution in [0.3, 0.4) is 0 Å². The van der Waals surface area contributed by atoms with E-state index in [4.69, 9.17) is 15.6 Å². The zero-order valence-corrected chi connectivity index (χ0v) is 12.0. The number of hydrogen-bond donors (Lipinski definition) is 3. The molecule has 1 aromatic carbocycles. The Bertz CT molecular complexity index is 555. The molecule has 1 aliphatic carbocycles. The molecule has 20 heavy (non-hydrogen) atoms. The zero-order chi connectivity index (χ0) is 14.6. The standard InChI is InChI=1S/C13H20N2O4S/c14-11-3-1-2-4-12(11)19-7-8-20(17,18)15-9-13(10-16)5-6-13/h1-4,15-16H,5-10,14H2. The molecule has 1 fully saturated rings. The molecule has 112 valence electrons. The lowest BCUT2D eigenvalue weighted by Crippen LogP contribution is -2.35. The normalized spacial score (nSPS) is 16.9. The molecule has 0 aliphatic heterocycles. The van der Waals surface area contributed by atoms with Gasteiger partial charge in [0.1, 0.15) is 12.4 Å². The van der Waals surface area contributed by atoms with E-state index in [1.54, 1.807) is 24.3 Å². The summed E-state index contributed by atoms with van der Waals surface area (Å²) in [6, 6.07) is 6.95. The molecule has 1 aliphatic rings. The van der Waals surface area contributed by atoms with Gasteiger partial charge in [0.25, 0.3) is 0 Å². The number of ether oxygens (including phenoxy) is 1. The Labute approximate surface area is 119 Å². The van der Waals surface area contributed by atoms with Gasteiger partial charge in [-0.2, -0.15) is 0 Å². The second-order valence-electron chi connectivity index (χ2n) is 5.18. The Morgan fingerprint density at radius 1 is 1.35 bits per heavy atom. The summed E-state index contributed by atoms with van der Waals surface area (Å²) in [5.74, 6) is 0.347. The fraction of sp³-hybridized carbons (Fsp3) is 0.538. The maximum atomic E-state index is 11.8. The van der Waals surface area contributed by atoms with Crippen molar-refractivity contribution in [1.82, 2.24) is 4.72 Å². The first-order chi connectivity index (χ1) is 9.46. The Balaban J connectivity index is 1.76. The van der Waals surface area contributed by atoms with E-state index in [0.29, 0.717) is 18.0 Å². The van der Waals surface area contributed by atoms with E-state index >= 15 is 0 Å². The molecule has 7 heteroatoms. The van der Waals surface area contributed by atoms with Crippen LogP contribution in [-0.2, 0) is 10.0 Å². The molecule has 2 rings (SSSR count). The molecule has 0 spiro atoms. The van der Waals surface area contributed by atoms with Crippen molar-refractivity contribution in [2.45, 2.75) is 12.8 Å². The number of benzene rings is 1. The number of anilines is 1. The number of sulfonamides is 1. The SMILES string of the molecule is Nc1ccccc1OCCS(=O)(=O)NCC1(CO)CC1. The Kier molecular flexibility index (Phi) is 4.52. The summed E-state index contributed by atoms with van der Waals surface area (Å²) >= 11 is 0. The molecule has 0 saturated heterocycles. The Morgan fingerprint density at radius 2 is 2.05 bits per heavy atom. The van der Waals surface area contributed by atoms with Gasteiger partial charge in [-0.1, -0.05) is 12.1 Å². The smallest absolute Gasteiger partial charge is 0.214 e. The summed E-state index contributed by atoms with van der Waals surface area (Å²) in [4.78, 5) is 0. The second-order valence-corrected chi connectivity index (χ2v) is 7.11. The molecule has 0 bridgehead atoms. The van der Waals surface area contributed by atoms with Crippen LogP contribution in [0.5, 0.6) is 5.75 Å². The molecule has 1 aromatic rings. The average molecular weight is 300 g/mol. The van der Waals surface area contributed by atoms with Gasteiger partial charge in [0, 0.05) is 18.6 Å². The molecule has 0 aromatic heterocycles. The molecule has 4 N–H and O–H groups in total. The highest BCUT2D eigenvalue weighted by Crippen LogP contribution is 2.44. The van der Waals surface area contributed by atoms with Gasteiger partial charge in [-0.05, 0) is 25.0 Å². The first-order valence-electron chi connectivity index (χ1n) is 6.52. The highest BCUT2D eigenvalue weighted by atomic mass is 32.2.